The number of nitrogens with zero attached hydrogens (tertiary/aromatic N) is 1. The first kappa shape index (κ1) is 17.6. The standard InChI is InChI=1S/C19H28F2N2O/c20-17-2-1-3-18(19(17)21)24-16-9-12-23(13-10-16)11-8-14-4-6-15(22)7-5-14/h1-3,14-16H,4-13,22H2. The molecule has 0 bridgehead atoms. The van der Waals surface area contributed by atoms with Crippen LogP contribution >= 0.6 is 0 Å². The van der Waals surface area contributed by atoms with Crippen molar-refractivity contribution in [3.63, 3.8) is 0 Å². The Morgan fingerprint density at radius 1 is 1.04 bits per heavy atom. The van der Waals surface area contributed by atoms with Crippen LogP contribution in [-0.4, -0.2) is 36.7 Å². The summed E-state index contributed by atoms with van der Waals surface area (Å²) in [5.74, 6) is -0.875. The van der Waals surface area contributed by atoms with Gasteiger partial charge in [-0.2, -0.15) is 4.39 Å². The van der Waals surface area contributed by atoms with Crippen molar-refractivity contribution < 1.29 is 13.5 Å². The molecule has 2 fully saturated rings. The minimum atomic E-state index is -0.879. The van der Waals surface area contributed by atoms with Gasteiger partial charge >= 0.3 is 0 Å². The second kappa shape index (κ2) is 8.26. The van der Waals surface area contributed by atoms with Crippen molar-refractivity contribution >= 4 is 0 Å². The van der Waals surface area contributed by atoms with E-state index < -0.39 is 11.6 Å². The molecular weight excluding hydrogens is 310 g/mol. The summed E-state index contributed by atoms with van der Waals surface area (Å²) in [7, 11) is 0. The fraction of sp³-hybridized carbons (Fsp3) is 0.684. The van der Waals surface area contributed by atoms with Gasteiger partial charge < -0.3 is 15.4 Å². The normalized spacial score (nSPS) is 26.5. The number of halogens is 2. The smallest absolute Gasteiger partial charge is 0.200 e. The monoisotopic (exact) mass is 338 g/mol. The molecule has 0 amide bonds. The third kappa shape index (κ3) is 4.67. The predicted molar refractivity (Wildman–Crippen MR) is 91.0 cm³/mol. The van der Waals surface area contributed by atoms with Crippen molar-refractivity contribution in [2.75, 3.05) is 19.6 Å². The molecule has 0 atom stereocenters. The summed E-state index contributed by atoms with van der Waals surface area (Å²) >= 11 is 0. The highest BCUT2D eigenvalue weighted by molar-refractivity contribution is 5.25. The minimum Gasteiger partial charge on any atom is -0.487 e. The highest BCUT2D eigenvalue weighted by Gasteiger charge is 2.24. The van der Waals surface area contributed by atoms with E-state index >= 15 is 0 Å². The van der Waals surface area contributed by atoms with Crippen LogP contribution in [0.2, 0.25) is 0 Å². The third-order valence-electron chi connectivity index (χ3n) is 5.49. The maximum atomic E-state index is 13.7. The number of rotatable bonds is 5. The maximum absolute atomic E-state index is 13.7. The molecule has 1 aliphatic heterocycles. The van der Waals surface area contributed by atoms with E-state index in [0.717, 1.165) is 44.5 Å². The van der Waals surface area contributed by atoms with Crippen molar-refractivity contribution in [1.29, 1.82) is 0 Å². The summed E-state index contributed by atoms with van der Waals surface area (Å²) in [5.41, 5.74) is 5.96. The Hall–Kier alpha value is -1.20. The number of piperidine rings is 1. The van der Waals surface area contributed by atoms with Gasteiger partial charge in [0.1, 0.15) is 6.10 Å². The third-order valence-corrected chi connectivity index (χ3v) is 5.49. The maximum Gasteiger partial charge on any atom is 0.200 e. The van der Waals surface area contributed by atoms with Gasteiger partial charge in [-0.1, -0.05) is 6.07 Å². The Balaban J connectivity index is 1.39. The Labute approximate surface area is 143 Å². The van der Waals surface area contributed by atoms with Gasteiger partial charge in [0.25, 0.3) is 0 Å². The SMILES string of the molecule is NC1CCC(CCN2CCC(Oc3cccc(F)c3F)CC2)CC1. The van der Waals surface area contributed by atoms with Gasteiger partial charge in [-0.3, -0.25) is 0 Å². The van der Waals surface area contributed by atoms with E-state index in [1.54, 1.807) is 0 Å². The van der Waals surface area contributed by atoms with Crippen LogP contribution in [-0.2, 0) is 0 Å². The van der Waals surface area contributed by atoms with Crippen molar-refractivity contribution in [2.45, 2.75) is 57.1 Å². The number of benzene rings is 1. The average Bonchev–Trinajstić information content (AvgIpc) is 2.60. The Kier molecular flexibility index (Phi) is 6.06. The van der Waals surface area contributed by atoms with Gasteiger partial charge in [0.05, 0.1) is 0 Å². The first-order valence-corrected chi connectivity index (χ1v) is 9.20. The van der Waals surface area contributed by atoms with E-state index in [-0.39, 0.29) is 11.9 Å². The fourth-order valence-electron chi connectivity index (χ4n) is 3.85. The van der Waals surface area contributed by atoms with Gasteiger partial charge in [0, 0.05) is 19.1 Å². The lowest BCUT2D eigenvalue weighted by atomic mass is 9.84. The molecule has 1 saturated heterocycles. The summed E-state index contributed by atoms with van der Waals surface area (Å²) in [6.07, 6.45) is 7.82. The van der Waals surface area contributed by atoms with E-state index in [1.807, 2.05) is 0 Å². The Morgan fingerprint density at radius 3 is 2.46 bits per heavy atom. The summed E-state index contributed by atoms with van der Waals surface area (Å²) in [6.45, 7) is 3.06. The first-order valence-electron chi connectivity index (χ1n) is 9.20. The largest absolute Gasteiger partial charge is 0.487 e. The lowest BCUT2D eigenvalue weighted by molar-refractivity contribution is 0.0915. The molecule has 24 heavy (non-hydrogen) atoms. The van der Waals surface area contributed by atoms with Crippen LogP contribution in [0.3, 0.4) is 0 Å². The molecular formula is C19H28F2N2O. The minimum absolute atomic E-state index is 0.0229. The first-order chi connectivity index (χ1) is 11.6. The number of hydrogen-bond acceptors (Lipinski definition) is 3. The summed E-state index contributed by atoms with van der Waals surface area (Å²) in [6, 6.07) is 4.51. The molecule has 0 aromatic heterocycles. The molecule has 0 spiro atoms. The molecule has 1 aromatic rings. The number of hydrogen-bond donors (Lipinski definition) is 1. The van der Waals surface area contributed by atoms with Crippen molar-refractivity contribution in [3.8, 4) is 5.75 Å². The second-order valence-corrected chi connectivity index (χ2v) is 7.28. The molecule has 1 aliphatic carbocycles. The average molecular weight is 338 g/mol. The quantitative estimate of drug-likeness (QED) is 0.889. The number of ether oxygens (including phenoxy) is 1. The molecule has 1 aromatic carbocycles. The molecule has 2 N–H and O–H groups in total. The molecule has 0 unspecified atom stereocenters. The van der Waals surface area contributed by atoms with Crippen LogP contribution in [0.25, 0.3) is 0 Å². The molecule has 3 rings (SSSR count). The topological polar surface area (TPSA) is 38.5 Å². The molecule has 0 radical (unpaired) electrons. The van der Waals surface area contributed by atoms with Crippen LogP contribution < -0.4 is 10.5 Å². The van der Waals surface area contributed by atoms with Gasteiger partial charge in [0.2, 0.25) is 5.82 Å². The van der Waals surface area contributed by atoms with E-state index in [2.05, 4.69) is 4.90 Å². The van der Waals surface area contributed by atoms with E-state index in [4.69, 9.17) is 10.5 Å². The Bertz CT molecular complexity index is 524. The van der Waals surface area contributed by atoms with Crippen molar-refractivity contribution in [1.82, 2.24) is 4.90 Å². The van der Waals surface area contributed by atoms with Crippen LogP contribution in [0.5, 0.6) is 5.75 Å². The van der Waals surface area contributed by atoms with Crippen LogP contribution in [0.1, 0.15) is 44.9 Å². The highest BCUT2D eigenvalue weighted by atomic mass is 19.2. The number of likely N-dealkylation sites (tertiary alicyclic amines) is 1. The van der Waals surface area contributed by atoms with Crippen LogP contribution in [0, 0.1) is 17.6 Å². The van der Waals surface area contributed by atoms with Gasteiger partial charge in [-0.05, 0) is 69.5 Å². The number of nitrogens with two attached hydrogens (primary N) is 1. The summed E-state index contributed by atoms with van der Waals surface area (Å²) in [4.78, 5) is 2.47. The van der Waals surface area contributed by atoms with Gasteiger partial charge in [-0.25, -0.2) is 4.39 Å². The Morgan fingerprint density at radius 2 is 1.75 bits per heavy atom. The zero-order chi connectivity index (χ0) is 16.9. The van der Waals surface area contributed by atoms with E-state index in [0.29, 0.717) is 6.04 Å². The zero-order valence-corrected chi connectivity index (χ0v) is 14.2. The predicted octanol–water partition coefficient (Wildman–Crippen LogP) is 3.72. The summed E-state index contributed by atoms with van der Waals surface area (Å²) in [5, 5.41) is 0. The van der Waals surface area contributed by atoms with E-state index in [1.165, 1.54) is 44.2 Å². The molecule has 1 heterocycles. The molecule has 134 valence electrons. The lowest BCUT2D eigenvalue weighted by Crippen LogP contribution is -2.39. The lowest BCUT2D eigenvalue weighted by Gasteiger charge is -2.34. The summed E-state index contributed by atoms with van der Waals surface area (Å²) < 4.78 is 32.6. The van der Waals surface area contributed by atoms with Gasteiger partial charge in [0.15, 0.2) is 11.6 Å². The molecule has 5 heteroatoms. The van der Waals surface area contributed by atoms with Gasteiger partial charge in [-0.15, -0.1) is 0 Å². The van der Waals surface area contributed by atoms with Crippen molar-refractivity contribution in [2.24, 2.45) is 11.7 Å². The molecule has 2 aliphatic rings. The second-order valence-electron chi connectivity index (χ2n) is 7.28. The van der Waals surface area contributed by atoms with Crippen molar-refractivity contribution in [3.05, 3.63) is 29.8 Å². The molecule has 3 nitrogen and oxygen atoms in total. The van der Waals surface area contributed by atoms with Crippen LogP contribution in [0.4, 0.5) is 8.78 Å². The fourth-order valence-corrected chi connectivity index (χ4v) is 3.85. The van der Waals surface area contributed by atoms with E-state index in [9.17, 15) is 8.78 Å². The zero-order valence-electron chi connectivity index (χ0n) is 14.2. The van der Waals surface area contributed by atoms with Crippen LogP contribution in [0.15, 0.2) is 18.2 Å². The molecule has 1 saturated carbocycles. The highest BCUT2D eigenvalue weighted by Crippen LogP contribution is 2.27.